The van der Waals surface area contributed by atoms with Gasteiger partial charge in [-0.05, 0) is 37.1 Å². The molecule has 18 heavy (non-hydrogen) atoms. The van der Waals surface area contributed by atoms with Gasteiger partial charge in [-0.3, -0.25) is 0 Å². The molecular formula is C14H19F2NO. The summed E-state index contributed by atoms with van der Waals surface area (Å²) in [4.78, 5) is 0. The quantitative estimate of drug-likeness (QED) is 0.896. The van der Waals surface area contributed by atoms with Crippen LogP contribution in [0.4, 0.5) is 8.78 Å². The number of hydrogen-bond acceptors (Lipinski definition) is 2. The molecule has 1 aliphatic rings. The van der Waals surface area contributed by atoms with Crippen molar-refractivity contribution in [2.45, 2.75) is 32.0 Å². The molecule has 0 radical (unpaired) electrons. The molecule has 1 N–H and O–H groups in total. The fraction of sp³-hybridized carbons (Fsp3) is 0.571. The monoisotopic (exact) mass is 255 g/mol. The van der Waals surface area contributed by atoms with E-state index in [4.69, 9.17) is 4.74 Å². The third kappa shape index (κ3) is 3.06. The van der Waals surface area contributed by atoms with Gasteiger partial charge in [-0.25, -0.2) is 8.78 Å². The third-order valence-corrected chi connectivity index (χ3v) is 3.39. The first-order chi connectivity index (χ1) is 8.49. The highest BCUT2D eigenvalue weighted by Gasteiger charge is 2.31. The van der Waals surface area contributed by atoms with E-state index in [2.05, 4.69) is 5.32 Å². The van der Waals surface area contributed by atoms with E-state index >= 15 is 0 Å². The first-order valence-corrected chi connectivity index (χ1v) is 6.26. The molecule has 1 heterocycles. The Balaban J connectivity index is 2.10. The lowest BCUT2D eigenvalue weighted by Gasteiger charge is -2.30. The number of benzene rings is 1. The van der Waals surface area contributed by atoms with Crippen LogP contribution in [0.2, 0.25) is 0 Å². The Hall–Kier alpha value is -1.00. The zero-order valence-electron chi connectivity index (χ0n) is 10.8. The van der Waals surface area contributed by atoms with E-state index in [-0.39, 0.29) is 11.9 Å². The van der Waals surface area contributed by atoms with Crippen molar-refractivity contribution in [2.24, 2.45) is 0 Å². The average molecular weight is 255 g/mol. The van der Waals surface area contributed by atoms with E-state index in [1.165, 1.54) is 19.1 Å². The number of aryl methyl sites for hydroxylation is 1. The number of rotatable bonds is 3. The van der Waals surface area contributed by atoms with Crippen molar-refractivity contribution >= 4 is 0 Å². The highest BCUT2D eigenvalue weighted by atomic mass is 19.1. The second-order valence-electron chi connectivity index (χ2n) is 5.09. The van der Waals surface area contributed by atoms with Crippen LogP contribution in [-0.2, 0) is 10.4 Å². The molecule has 0 aromatic heterocycles. The van der Waals surface area contributed by atoms with Gasteiger partial charge in [0, 0.05) is 19.0 Å². The minimum Gasteiger partial charge on any atom is -0.379 e. The molecule has 4 heteroatoms. The van der Waals surface area contributed by atoms with Crippen molar-refractivity contribution in [1.29, 1.82) is 0 Å². The number of nitrogens with one attached hydrogen (secondary N) is 1. The second-order valence-corrected chi connectivity index (χ2v) is 5.09. The molecule has 1 aromatic carbocycles. The Bertz CT molecular complexity index is 414. The molecule has 1 fully saturated rings. The maximum Gasteiger partial charge on any atom is 0.134 e. The Morgan fingerprint density at radius 3 is 2.89 bits per heavy atom. The van der Waals surface area contributed by atoms with E-state index in [0.29, 0.717) is 30.8 Å². The van der Waals surface area contributed by atoms with Gasteiger partial charge in [0.1, 0.15) is 11.5 Å². The Labute approximate surface area is 106 Å². The van der Waals surface area contributed by atoms with Crippen LogP contribution in [-0.4, -0.2) is 25.8 Å². The van der Waals surface area contributed by atoms with Gasteiger partial charge in [-0.1, -0.05) is 6.07 Å². The fourth-order valence-electron chi connectivity index (χ4n) is 2.30. The zero-order valence-corrected chi connectivity index (χ0v) is 10.8. The van der Waals surface area contributed by atoms with E-state index < -0.39 is 5.67 Å². The average Bonchev–Trinajstić information content (AvgIpc) is 2.33. The van der Waals surface area contributed by atoms with Gasteiger partial charge >= 0.3 is 0 Å². The summed E-state index contributed by atoms with van der Waals surface area (Å²) in [6.45, 7) is 5.14. The Morgan fingerprint density at radius 2 is 2.28 bits per heavy atom. The van der Waals surface area contributed by atoms with Crippen molar-refractivity contribution < 1.29 is 13.5 Å². The van der Waals surface area contributed by atoms with Crippen LogP contribution in [0.15, 0.2) is 18.2 Å². The molecular weight excluding hydrogens is 236 g/mol. The van der Waals surface area contributed by atoms with E-state index in [1.807, 2.05) is 0 Å². The molecule has 100 valence electrons. The van der Waals surface area contributed by atoms with Crippen molar-refractivity contribution in [1.82, 2.24) is 5.32 Å². The molecule has 2 rings (SSSR count). The van der Waals surface area contributed by atoms with Crippen LogP contribution in [0.3, 0.4) is 0 Å². The number of morpholine rings is 1. The Kier molecular flexibility index (Phi) is 3.97. The van der Waals surface area contributed by atoms with Crippen molar-refractivity contribution in [2.75, 3.05) is 19.8 Å². The predicted octanol–water partition coefficient (Wildman–Crippen LogP) is 2.70. The summed E-state index contributed by atoms with van der Waals surface area (Å²) < 4.78 is 33.2. The lowest BCUT2D eigenvalue weighted by atomic mass is 9.89. The predicted molar refractivity (Wildman–Crippen MR) is 66.8 cm³/mol. The van der Waals surface area contributed by atoms with E-state index in [1.54, 1.807) is 13.0 Å². The standard InChI is InChI=1S/C14H19F2NO/c1-10-7-11(3-4-13(10)15)14(2,16)8-12-9-18-6-5-17-12/h3-4,7,12,17H,5-6,8-9H2,1-2H3. The van der Waals surface area contributed by atoms with Crippen molar-refractivity contribution in [3.05, 3.63) is 35.1 Å². The summed E-state index contributed by atoms with van der Waals surface area (Å²) in [5.74, 6) is -0.298. The van der Waals surface area contributed by atoms with E-state index in [0.717, 1.165) is 6.54 Å². The molecule has 1 aliphatic heterocycles. The topological polar surface area (TPSA) is 21.3 Å². The maximum atomic E-state index is 14.7. The molecule has 2 unspecified atom stereocenters. The minimum absolute atomic E-state index is 0.0131. The summed E-state index contributed by atoms with van der Waals surface area (Å²) in [5, 5.41) is 3.23. The van der Waals surface area contributed by atoms with Crippen molar-refractivity contribution in [3.63, 3.8) is 0 Å². The fourth-order valence-corrected chi connectivity index (χ4v) is 2.30. The van der Waals surface area contributed by atoms with Crippen LogP contribution < -0.4 is 5.32 Å². The summed E-state index contributed by atoms with van der Waals surface area (Å²) in [7, 11) is 0. The van der Waals surface area contributed by atoms with Crippen molar-refractivity contribution in [3.8, 4) is 0 Å². The summed E-state index contributed by atoms with van der Waals surface area (Å²) in [6, 6.07) is 4.44. The molecule has 1 aromatic rings. The van der Waals surface area contributed by atoms with E-state index in [9.17, 15) is 8.78 Å². The minimum atomic E-state index is -1.48. The lowest BCUT2D eigenvalue weighted by Crippen LogP contribution is -2.44. The first-order valence-electron chi connectivity index (χ1n) is 6.26. The highest BCUT2D eigenvalue weighted by molar-refractivity contribution is 5.28. The van der Waals surface area contributed by atoms with Gasteiger partial charge in [0.25, 0.3) is 0 Å². The lowest BCUT2D eigenvalue weighted by molar-refractivity contribution is 0.0474. The summed E-state index contributed by atoms with van der Waals surface area (Å²) >= 11 is 0. The molecule has 0 spiro atoms. The SMILES string of the molecule is Cc1cc(C(C)(F)CC2COCCN2)ccc1F. The van der Waals surface area contributed by atoms with Crippen LogP contribution in [0.25, 0.3) is 0 Å². The Morgan fingerprint density at radius 1 is 1.50 bits per heavy atom. The van der Waals surface area contributed by atoms with Gasteiger partial charge in [-0.2, -0.15) is 0 Å². The number of alkyl halides is 1. The molecule has 0 amide bonds. The van der Waals surface area contributed by atoms with Gasteiger partial charge in [0.05, 0.1) is 13.2 Å². The molecule has 2 atom stereocenters. The third-order valence-electron chi connectivity index (χ3n) is 3.39. The zero-order chi connectivity index (χ0) is 13.2. The molecule has 0 saturated carbocycles. The van der Waals surface area contributed by atoms with Gasteiger partial charge in [0.15, 0.2) is 0 Å². The number of hydrogen-bond donors (Lipinski definition) is 1. The van der Waals surface area contributed by atoms with Gasteiger partial charge in [-0.15, -0.1) is 0 Å². The summed E-state index contributed by atoms with van der Waals surface area (Å²) in [6.07, 6.45) is 0.331. The van der Waals surface area contributed by atoms with Crippen LogP contribution in [0, 0.1) is 12.7 Å². The van der Waals surface area contributed by atoms with Crippen LogP contribution >= 0.6 is 0 Å². The van der Waals surface area contributed by atoms with Crippen LogP contribution in [0.5, 0.6) is 0 Å². The van der Waals surface area contributed by atoms with Crippen LogP contribution in [0.1, 0.15) is 24.5 Å². The second kappa shape index (κ2) is 5.33. The maximum absolute atomic E-state index is 14.7. The highest BCUT2D eigenvalue weighted by Crippen LogP contribution is 2.32. The van der Waals surface area contributed by atoms with Gasteiger partial charge < -0.3 is 10.1 Å². The molecule has 0 aliphatic carbocycles. The first kappa shape index (κ1) is 13.4. The number of ether oxygens (including phenoxy) is 1. The molecule has 1 saturated heterocycles. The van der Waals surface area contributed by atoms with Gasteiger partial charge in [0.2, 0.25) is 0 Å². The normalized spacial score (nSPS) is 23.7. The molecule has 0 bridgehead atoms. The summed E-state index contributed by atoms with van der Waals surface area (Å²) in [5.41, 5.74) is -0.477. The molecule has 2 nitrogen and oxygen atoms in total. The largest absolute Gasteiger partial charge is 0.379 e. The number of halogens is 2. The smallest absolute Gasteiger partial charge is 0.134 e.